The van der Waals surface area contributed by atoms with Crippen molar-refractivity contribution in [3.05, 3.63) is 58.3 Å². The third-order valence-electron chi connectivity index (χ3n) is 2.74. The number of alkyl halides is 2. The van der Waals surface area contributed by atoms with E-state index in [1.165, 1.54) is 16.8 Å². The molecule has 1 aromatic heterocycles. The largest absolute Gasteiger partial charge is 0.347 e. The Bertz CT molecular complexity index is 598. The van der Waals surface area contributed by atoms with E-state index in [0.717, 1.165) is 10.0 Å². The summed E-state index contributed by atoms with van der Waals surface area (Å²) in [5, 5.41) is 2.72. The molecule has 0 spiro atoms. The van der Waals surface area contributed by atoms with E-state index < -0.39 is 13.0 Å². The number of nitrogens with one attached hydrogen (secondary N) is 1. The summed E-state index contributed by atoms with van der Waals surface area (Å²) in [5.74, 6) is -0.365. The molecule has 0 atom stereocenters. The van der Waals surface area contributed by atoms with Crippen LogP contribution >= 0.6 is 15.9 Å². The summed E-state index contributed by atoms with van der Waals surface area (Å²) < 4.78 is 26.9. The molecule has 1 N–H and O–H groups in total. The first-order chi connectivity index (χ1) is 9.56. The summed E-state index contributed by atoms with van der Waals surface area (Å²) >= 11 is 3.35. The normalized spacial score (nSPS) is 10.8. The zero-order valence-electron chi connectivity index (χ0n) is 10.5. The van der Waals surface area contributed by atoms with Crippen molar-refractivity contribution in [3.8, 4) is 0 Å². The second-order valence-corrected chi connectivity index (χ2v) is 5.17. The Kier molecular flexibility index (Phi) is 4.89. The fourth-order valence-electron chi connectivity index (χ4n) is 1.85. The predicted octanol–water partition coefficient (Wildman–Crippen LogP) is 3.45. The molecule has 0 radical (unpaired) electrons. The van der Waals surface area contributed by atoms with Gasteiger partial charge in [-0.25, -0.2) is 8.78 Å². The molecule has 1 aromatic carbocycles. The van der Waals surface area contributed by atoms with Gasteiger partial charge in [-0.15, -0.1) is 0 Å². The number of nitrogens with zero attached hydrogens (tertiary/aromatic N) is 1. The fraction of sp³-hybridized carbons (Fsp3) is 0.214. The van der Waals surface area contributed by atoms with Crippen molar-refractivity contribution in [2.45, 2.75) is 19.5 Å². The molecule has 0 fully saturated rings. The Labute approximate surface area is 123 Å². The number of amides is 1. The SMILES string of the molecule is O=C(NCc1cccc(Br)c1)c1cccn1CC(F)F. The molecule has 6 heteroatoms. The van der Waals surface area contributed by atoms with Gasteiger partial charge < -0.3 is 9.88 Å². The second kappa shape index (κ2) is 6.65. The van der Waals surface area contributed by atoms with Crippen LogP contribution in [0, 0.1) is 0 Å². The minimum absolute atomic E-state index is 0.236. The number of rotatable bonds is 5. The van der Waals surface area contributed by atoms with Gasteiger partial charge in [-0.1, -0.05) is 28.1 Å². The van der Waals surface area contributed by atoms with Gasteiger partial charge in [-0.2, -0.15) is 0 Å². The molecule has 0 saturated heterocycles. The number of carbonyl (C=O) groups is 1. The van der Waals surface area contributed by atoms with Crippen LogP contribution in [-0.4, -0.2) is 16.9 Å². The Morgan fingerprint density at radius 1 is 1.30 bits per heavy atom. The van der Waals surface area contributed by atoms with Crippen LogP contribution in [-0.2, 0) is 13.1 Å². The van der Waals surface area contributed by atoms with Crippen molar-refractivity contribution >= 4 is 21.8 Å². The molecule has 0 aliphatic heterocycles. The summed E-state index contributed by atoms with van der Waals surface area (Å²) in [6.45, 7) is -0.134. The van der Waals surface area contributed by atoms with Crippen LogP contribution in [0.2, 0.25) is 0 Å². The van der Waals surface area contributed by atoms with Crippen LogP contribution in [0.25, 0.3) is 0 Å². The molecular weight excluding hydrogens is 330 g/mol. The summed E-state index contributed by atoms with van der Waals surface area (Å²) in [6, 6.07) is 10.6. The second-order valence-electron chi connectivity index (χ2n) is 4.25. The summed E-state index contributed by atoms with van der Waals surface area (Å²) in [4.78, 5) is 12.0. The van der Waals surface area contributed by atoms with Gasteiger partial charge >= 0.3 is 0 Å². The van der Waals surface area contributed by atoms with Gasteiger partial charge in [0.1, 0.15) is 5.69 Å². The summed E-state index contributed by atoms with van der Waals surface area (Å²) in [7, 11) is 0. The van der Waals surface area contributed by atoms with Gasteiger partial charge in [-0.05, 0) is 29.8 Å². The fourth-order valence-corrected chi connectivity index (χ4v) is 2.29. The molecule has 0 aliphatic carbocycles. The number of benzene rings is 1. The number of aromatic nitrogens is 1. The van der Waals surface area contributed by atoms with Crippen molar-refractivity contribution in [1.82, 2.24) is 9.88 Å². The van der Waals surface area contributed by atoms with Crippen molar-refractivity contribution in [2.75, 3.05) is 0 Å². The molecule has 0 aliphatic rings. The van der Waals surface area contributed by atoms with Crippen LogP contribution < -0.4 is 5.32 Å². The zero-order valence-corrected chi connectivity index (χ0v) is 12.1. The molecule has 0 unspecified atom stereocenters. The average Bonchev–Trinajstić information content (AvgIpc) is 2.83. The number of carbonyl (C=O) groups excluding carboxylic acids is 1. The van der Waals surface area contributed by atoms with Crippen LogP contribution in [0.5, 0.6) is 0 Å². The van der Waals surface area contributed by atoms with E-state index in [4.69, 9.17) is 0 Å². The van der Waals surface area contributed by atoms with Crippen molar-refractivity contribution < 1.29 is 13.6 Å². The van der Waals surface area contributed by atoms with E-state index in [9.17, 15) is 13.6 Å². The molecule has 2 aromatic rings. The van der Waals surface area contributed by atoms with Crippen molar-refractivity contribution in [2.24, 2.45) is 0 Å². The molecular formula is C14H13BrF2N2O. The van der Waals surface area contributed by atoms with E-state index in [1.54, 1.807) is 6.07 Å². The lowest BCUT2D eigenvalue weighted by Crippen LogP contribution is -2.26. The summed E-state index contributed by atoms with van der Waals surface area (Å²) in [6.07, 6.45) is -1.01. The molecule has 0 bridgehead atoms. The first-order valence-electron chi connectivity index (χ1n) is 6.02. The maximum absolute atomic E-state index is 12.4. The van der Waals surface area contributed by atoms with Crippen molar-refractivity contribution in [3.63, 3.8) is 0 Å². The van der Waals surface area contributed by atoms with Gasteiger partial charge in [-0.3, -0.25) is 4.79 Å². The molecule has 0 saturated carbocycles. The monoisotopic (exact) mass is 342 g/mol. The first kappa shape index (κ1) is 14.7. The van der Waals surface area contributed by atoms with Crippen LogP contribution in [0.1, 0.15) is 16.1 Å². The number of halogens is 3. The Morgan fingerprint density at radius 3 is 2.80 bits per heavy atom. The maximum Gasteiger partial charge on any atom is 0.268 e. The predicted molar refractivity (Wildman–Crippen MR) is 75.7 cm³/mol. The van der Waals surface area contributed by atoms with Crippen molar-refractivity contribution in [1.29, 1.82) is 0 Å². The van der Waals surface area contributed by atoms with Gasteiger partial charge in [0.15, 0.2) is 0 Å². The highest BCUT2D eigenvalue weighted by Crippen LogP contribution is 2.12. The lowest BCUT2D eigenvalue weighted by Gasteiger charge is -2.09. The molecule has 3 nitrogen and oxygen atoms in total. The number of hydrogen-bond acceptors (Lipinski definition) is 1. The third kappa shape index (κ3) is 3.90. The third-order valence-corrected chi connectivity index (χ3v) is 3.23. The first-order valence-corrected chi connectivity index (χ1v) is 6.81. The standard InChI is InChI=1S/C14H13BrF2N2O/c15-11-4-1-3-10(7-11)8-18-14(20)12-5-2-6-19(12)9-13(16)17/h1-7,13H,8-9H2,(H,18,20). The minimum Gasteiger partial charge on any atom is -0.347 e. The quantitative estimate of drug-likeness (QED) is 0.887. The van der Waals surface area contributed by atoms with Crippen LogP contribution in [0.15, 0.2) is 47.1 Å². The van der Waals surface area contributed by atoms with Gasteiger partial charge in [0.25, 0.3) is 12.3 Å². The van der Waals surface area contributed by atoms with E-state index in [0.29, 0.717) is 6.54 Å². The van der Waals surface area contributed by atoms with E-state index >= 15 is 0 Å². The molecule has 2 rings (SSSR count). The van der Waals surface area contributed by atoms with E-state index in [2.05, 4.69) is 21.2 Å². The topological polar surface area (TPSA) is 34.0 Å². The van der Waals surface area contributed by atoms with Crippen LogP contribution in [0.3, 0.4) is 0 Å². The van der Waals surface area contributed by atoms with Gasteiger partial charge in [0.05, 0.1) is 6.54 Å². The van der Waals surface area contributed by atoms with Crippen LogP contribution in [0.4, 0.5) is 8.78 Å². The molecule has 106 valence electrons. The lowest BCUT2D eigenvalue weighted by atomic mass is 10.2. The molecule has 1 heterocycles. The summed E-state index contributed by atoms with van der Waals surface area (Å²) in [5.41, 5.74) is 1.17. The Balaban J connectivity index is 2.00. The Morgan fingerprint density at radius 2 is 2.10 bits per heavy atom. The van der Waals surface area contributed by atoms with E-state index in [-0.39, 0.29) is 11.6 Å². The molecule has 1 amide bonds. The highest BCUT2D eigenvalue weighted by atomic mass is 79.9. The Hall–Kier alpha value is -1.69. The van der Waals surface area contributed by atoms with Gasteiger partial charge in [0.2, 0.25) is 0 Å². The average molecular weight is 343 g/mol. The highest BCUT2D eigenvalue weighted by molar-refractivity contribution is 9.10. The smallest absolute Gasteiger partial charge is 0.268 e. The molecule has 20 heavy (non-hydrogen) atoms. The maximum atomic E-state index is 12.4. The van der Waals surface area contributed by atoms with E-state index in [1.807, 2.05) is 24.3 Å². The zero-order chi connectivity index (χ0) is 14.5. The lowest BCUT2D eigenvalue weighted by molar-refractivity contribution is 0.0928. The highest BCUT2D eigenvalue weighted by Gasteiger charge is 2.13. The number of hydrogen-bond donors (Lipinski definition) is 1. The van der Waals surface area contributed by atoms with Gasteiger partial charge in [0, 0.05) is 17.2 Å². The minimum atomic E-state index is -2.49.